The van der Waals surface area contributed by atoms with Gasteiger partial charge in [-0.2, -0.15) is 4.99 Å². The molecule has 0 aliphatic heterocycles. The van der Waals surface area contributed by atoms with Crippen LogP contribution in [0.3, 0.4) is 0 Å². The topological polar surface area (TPSA) is 38.1 Å². The van der Waals surface area contributed by atoms with Crippen molar-refractivity contribution in [1.82, 2.24) is 10.2 Å². The quantitative estimate of drug-likeness (QED) is 0.459. The first-order valence-electron chi connectivity index (χ1n) is 2.21. The lowest BCUT2D eigenvalue weighted by Crippen LogP contribution is -1.66. The molecular formula is C4H3N3S2. The number of thiocarbonyl (C=S) groups is 1. The molecule has 0 aromatic carbocycles. The average Bonchev–Trinajstić information content (AvgIpc) is 2.17. The summed E-state index contributed by atoms with van der Waals surface area (Å²) in [6, 6.07) is 0. The molecule has 0 radical (unpaired) electrons. The van der Waals surface area contributed by atoms with Gasteiger partial charge in [0, 0.05) is 0 Å². The molecule has 0 bridgehead atoms. The van der Waals surface area contributed by atoms with Gasteiger partial charge in [0.05, 0.1) is 5.16 Å². The number of aliphatic imine (C=N–C) groups is 1. The van der Waals surface area contributed by atoms with Gasteiger partial charge >= 0.3 is 0 Å². The van der Waals surface area contributed by atoms with Gasteiger partial charge in [-0.15, -0.1) is 10.2 Å². The monoisotopic (exact) mass is 157 g/mol. The number of hydrogen-bond donors (Lipinski definition) is 0. The van der Waals surface area contributed by atoms with E-state index < -0.39 is 0 Å². The molecule has 3 nitrogen and oxygen atoms in total. The van der Waals surface area contributed by atoms with E-state index in [1.807, 2.05) is 6.92 Å². The fraction of sp³-hybridized carbons (Fsp3) is 0.250. The van der Waals surface area contributed by atoms with E-state index in [9.17, 15) is 0 Å². The zero-order valence-electron chi connectivity index (χ0n) is 4.66. The van der Waals surface area contributed by atoms with Crippen molar-refractivity contribution in [2.45, 2.75) is 6.92 Å². The van der Waals surface area contributed by atoms with Crippen LogP contribution in [0.25, 0.3) is 0 Å². The summed E-state index contributed by atoms with van der Waals surface area (Å²) in [6.07, 6.45) is 0. The maximum atomic E-state index is 4.37. The second-order valence-corrected chi connectivity index (χ2v) is 2.65. The van der Waals surface area contributed by atoms with E-state index in [0.717, 1.165) is 5.01 Å². The van der Waals surface area contributed by atoms with Gasteiger partial charge in [0.25, 0.3) is 0 Å². The van der Waals surface area contributed by atoms with Crippen molar-refractivity contribution in [3.8, 4) is 0 Å². The fourth-order valence-electron chi connectivity index (χ4n) is 0.370. The molecule has 1 aromatic heterocycles. The number of isothiocyanates is 1. The summed E-state index contributed by atoms with van der Waals surface area (Å²) in [7, 11) is 0. The second kappa shape index (κ2) is 2.77. The van der Waals surface area contributed by atoms with Crippen molar-refractivity contribution in [1.29, 1.82) is 0 Å². The highest BCUT2D eigenvalue weighted by Gasteiger charge is 1.93. The molecule has 0 amide bonds. The van der Waals surface area contributed by atoms with Crippen molar-refractivity contribution < 1.29 is 0 Å². The van der Waals surface area contributed by atoms with E-state index in [4.69, 9.17) is 0 Å². The van der Waals surface area contributed by atoms with E-state index in [2.05, 4.69) is 32.6 Å². The summed E-state index contributed by atoms with van der Waals surface area (Å²) < 4.78 is 0. The molecule has 0 aliphatic rings. The van der Waals surface area contributed by atoms with Gasteiger partial charge in [-0.3, -0.25) is 0 Å². The smallest absolute Gasteiger partial charge is 0.161 e. The summed E-state index contributed by atoms with van der Waals surface area (Å²) in [4.78, 5) is 3.64. The first-order valence-corrected chi connectivity index (χ1v) is 3.43. The zero-order valence-corrected chi connectivity index (χ0v) is 6.29. The third-order valence-corrected chi connectivity index (χ3v) is 1.48. The Balaban J connectivity index is 2.97. The van der Waals surface area contributed by atoms with Crippen LogP contribution >= 0.6 is 23.6 Å². The van der Waals surface area contributed by atoms with Crippen molar-refractivity contribution in [3.05, 3.63) is 5.01 Å². The summed E-state index contributed by atoms with van der Waals surface area (Å²) in [5.74, 6) is 0. The van der Waals surface area contributed by atoms with Crippen LogP contribution in [-0.4, -0.2) is 15.4 Å². The maximum absolute atomic E-state index is 4.37. The average molecular weight is 157 g/mol. The molecular weight excluding hydrogens is 154 g/mol. The van der Waals surface area contributed by atoms with Gasteiger partial charge in [-0.1, -0.05) is 11.3 Å². The molecule has 0 saturated carbocycles. The molecule has 0 N–H and O–H groups in total. The number of hydrogen-bond acceptors (Lipinski definition) is 5. The van der Waals surface area contributed by atoms with Crippen LogP contribution in [0.1, 0.15) is 5.01 Å². The summed E-state index contributed by atoms with van der Waals surface area (Å²) in [5.41, 5.74) is 0. The first kappa shape index (κ1) is 6.48. The largest absolute Gasteiger partial charge is 0.240 e. The Bertz CT molecular complexity index is 248. The number of rotatable bonds is 1. The molecule has 5 heteroatoms. The summed E-state index contributed by atoms with van der Waals surface area (Å²) >= 11 is 5.76. The highest BCUT2D eigenvalue weighted by Crippen LogP contribution is 2.15. The Morgan fingerprint density at radius 3 is 2.89 bits per heavy atom. The van der Waals surface area contributed by atoms with E-state index in [1.165, 1.54) is 11.3 Å². The Labute approximate surface area is 61.5 Å². The molecule has 0 fully saturated rings. The van der Waals surface area contributed by atoms with Crippen LogP contribution in [0.4, 0.5) is 5.13 Å². The molecule has 0 atom stereocenters. The molecule has 1 heterocycles. The molecule has 9 heavy (non-hydrogen) atoms. The lowest BCUT2D eigenvalue weighted by Gasteiger charge is -1.68. The van der Waals surface area contributed by atoms with Crippen LogP contribution in [0.15, 0.2) is 4.99 Å². The van der Waals surface area contributed by atoms with E-state index in [0.29, 0.717) is 5.13 Å². The highest BCUT2D eigenvalue weighted by atomic mass is 32.1. The number of aromatic nitrogens is 2. The van der Waals surface area contributed by atoms with E-state index in [1.54, 1.807) is 0 Å². The normalized spacial score (nSPS) is 8.56. The van der Waals surface area contributed by atoms with Crippen molar-refractivity contribution in [2.75, 3.05) is 0 Å². The SMILES string of the molecule is Cc1nnc(N=C=S)s1. The van der Waals surface area contributed by atoms with Crippen molar-refractivity contribution in [3.63, 3.8) is 0 Å². The Morgan fingerprint density at radius 2 is 2.44 bits per heavy atom. The molecule has 1 rings (SSSR count). The standard InChI is InChI=1S/C4H3N3S2/c1-3-6-7-4(9-3)5-2-8/h1H3. The highest BCUT2D eigenvalue weighted by molar-refractivity contribution is 7.78. The van der Waals surface area contributed by atoms with Gasteiger partial charge in [-0.05, 0) is 19.1 Å². The van der Waals surface area contributed by atoms with Gasteiger partial charge in [0.1, 0.15) is 5.01 Å². The van der Waals surface area contributed by atoms with Crippen LogP contribution in [0.2, 0.25) is 0 Å². The minimum atomic E-state index is 0.572. The molecule has 0 saturated heterocycles. The lowest BCUT2D eigenvalue weighted by atomic mass is 10.9. The molecule has 0 unspecified atom stereocenters. The van der Waals surface area contributed by atoms with E-state index in [-0.39, 0.29) is 0 Å². The Hall–Kier alpha value is -0.640. The van der Waals surface area contributed by atoms with E-state index >= 15 is 0 Å². The molecule has 46 valence electrons. The summed E-state index contributed by atoms with van der Waals surface area (Å²) in [6.45, 7) is 1.86. The predicted molar refractivity (Wildman–Crippen MR) is 39.3 cm³/mol. The predicted octanol–water partition coefficient (Wildman–Crippen LogP) is 1.58. The van der Waals surface area contributed by atoms with Crippen LogP contribution in [0, 0.1) is 6.92 Å². The van der Waals surface area contributed by atoms with Crippen molar-refractivity contribution >= 4 is 33.8 Å². The van der Waals surface area contributed by atoms with Crippen LogP contribution < -0.4 is 0 Å². The fourth-order valence-corrected chi connectivity index (χ4v) is 1.03. The van der Waals surface area contributed by atoms with Gasteiger partial charge in [0.2, 0.25) is 5.13 Å². The number of aryl methyl sites for hydroxylation is 1. The minimum Gasteiger partial charge on any atom is -0.161 e. The Morgan fingerprint density at radius 1 is 1.67 bits per heavy atom. The van der Waals surface area contributed by atoms with Gasteiger partial charge in [-0.25, -0.2) is 0 Å². The maximum Gasteiger partial charge on any atom is 0.240 e. The third kappa shape index (κ3) is 1.64. The van der Waals surface area contributed by atoms with Gasteiger partial charge < -0.3 is 0 Å². The van der Waals surface area contributed by atoms with Crippen LogP contribution in [0.5, 0.6) is 0 Å². The lowest BCUT2D eigenvalue weighted by molar-refractivity contribution is 1.05. The summed E-state index contributed by atoms with van der Waals surface area (Å²) in [5, 5.41) is 11.1. The zero-order chi connectivity index (χ0) is 6.69. The minimum absolute atomic E-state index is 0.572. The molecule has 0 spiro atoms. The van der Waals surface area contributed by atoms with Gasteiger partial charge in [0.15, 0.2) is 0 Å². The van der Waals surface area contributed by atoms with Crippen LogP contribution in [-0.2, 0) is 0 Å². The molecule has 1 aromatic rings. The molecule has 0 aliphatic carbocycles. The third-order valence-electron chi connectivity index (χ3n) is 0.657. The number of nitrogens with zero attached hydrogens (tertiary/aromatic N) is 3. The van der Waals surface area contributed by atoms with Crippen molar-refractivity contribution in [2.24, 2.45) is 4.99 Å². The first-order chi connectivity index (χ1) is 4.33. The Kier molecular flexibility index (Phi) is 2.00. The second-order valence-electron chi connectivity index (χ2n) is 1.31.